The number of amides is 1. The molecule has 1 amide bonds. The van der Waals surface area contributed by atoms with Gasteiger partial charge in [-0.1, -0.05) is 84.9 Å². The number of nitrogens with one attached hydrogen (secondary N) is 1. The second-order valence-corrected chi connectivity index (χ2v) is 9.35. The van der Waals surface area contributed by atoms with Gasteiger partial charge >= 0.3 is 0 Å². The Kier molecular flexibility index (Phi) is 9.07. The van der Waals surface area contributed by atoms with Gasteiger partial charge in [0.15, 0.2) is 0 Å². The van der Waals surface area contributed by atoms with Gasteiger partial charge in [-0.15, -0.1) is 24.8 Å². The van der Waals surface area contributed by atoms with Crippen LogP contribution < -0.4 is 4.90 Å². The zero-order valence-corrected chi connectivity index (χ0v) is 23.0. The number of H-pyrrole nitrogens is 1. The smallest absolute Gasteiger partial charge is 0.254 e. The third-order valence-corrected chi connectivity index (χ3v) is 6.97. The lowest BCUT2D eigenvalue weighted by Crippen LogP contribution is -2.35. The Labute approximate surface area is 241 Å². The van der Waals surface area contributed by atoms with Crippen LogP contribution in [0.1, 0.15) is 21.6 Å². The number of aromatic amines is 1. The molecule has 7 heteroatoms. The first kappa shape index (κ1) is 28.0. The summed E-state index contributed by atoms with van der Waals surface area (Å²) >= 11 is 0. The monoisotopic (exact) mass is 556 g/mol. The number of carbonyl (C=O) groups excluding carboxylic acids is 1. The highest BCUT2D eigenvalue weighted by Crippen LogP contribution is 2.33. The van der Waals surface area contributed by atoms with Gasteiger partial charge in [0.25, 0.3) is 5.91 Å². The van der Waals surface area contributed by atoms with Gasteiger partial charge < -0.3 is 14.8 Å². The second-order valence-electron chi connectivity index (χ2n) is 9.35. The molecule has 1 aromatic heterocycles. The van der Waals surface area contributed by atoms with Gasteiger partial charge in [-0.3, -0.25) is 4.79 Å². The van der Waals surface area contributed by atoms with Gasteiger partial charge in [0.2, 0.25) is 0 Å². The maximum Gasteiger partial charge on any atom is 0.254 e. The van der Waals surface area contributed by atoms with E-state index in [9.17, 15) is 4.79 Å². The molecule has 0 bridgehead atoms. The quantitative estimate of drug-likeness (QED) is 0.248. The van der Waals surface area contributed by atoms with Crippen molar-refractivity contribution in [2.24, 2.45) is 0 Å². The van der Waals surface area contributed by atoms with E-state index in [1.54, 1.807) is 6.33 Å². The van der Waals surface area contributed by atoms with E-state index in [1.807, 2.05) is 59.6 Å². The Bertz CT molecular complexity index is 1510. The fourth-order valence-electron chi connectivity index (χ4n) is 5.10. The summed E-state index contributed by atoms with van der Waals surface area (Å²) in [6.07, 6.45) is 3.57. The molecular formula is C32H30Cl2N4O. The second kappa shape index (κ2) is 12.7. The number of carbonyl (C=O) groups is 1. The van der Waals surface area contributed by atoms with Crippen LogP contribution in [-0.2, 0) is 13.1 Å². The van der Waals surface area contributed by atoms with Crippen LogP contribution in [0.5, 0.6) is 0 Å². The highest BCUT2D eigenvalue weighted by atomic mass is 35.5. The molecule has 0 spiro atoms. The third-order valence-electron chi connectivity index (χ3n) is 6.97. The lowest BCUT2D eigenvalue weighted by molar-refractivity contribution is 0.0752. The van der Waals surface area contributed by atoms with E-state index >= 15 is 0 Å². The van der Waals surface area contributed by atoms with Crippen molar-refractivity contribution in [1.29, 1.82) is 0 Å². The Morgan fingerprint density at radius 2 is 1.46 bits per heavy atom. The first-order valence-corrected chi connectivity index (χ1v) is 12.6. The summed E-state index contributed by atoms with van der Waals surface area (Å²) in [7, 11) is 0. The van der Waals surface area contributed by atoms with Crippen LogP contribution in [0.4, 0.5) is 5.69 Å². The highest BCUT2D eigenvalue weighted by Gasteiger charge is 2.26. The van der Waals surface area contributed by atoms with Crippen molar-refractivity contribution in [1.82, 2.24) is 14.9 Å². The molecule has 0 fully saturated rings. The van der Waals surface area contributed by atoms with E-state index in [0.29, 0.717) is 19.6 Å². The van der Waals surface area contributed by atoms with Gasteiger partial charge in [0.05, 0.1) is 18.6 Å². The van der Waals surface area contributed by atoms with E-state index < -0.39 is 0 Å². The average molecular weight is 558 g/mol. The minimum atomic E-state index is 0. The summed E-state index contributed by atoms with van der Waals surface area (Å²) in [5, 5.41) is 0. The van der Waals surface area contributed by atoms with Crippen LogP contribution in [-0.4, -0.2) is 33.9 Å². The summed E-state index contributed by atoms with van der Waals surface area (Å²) in [6, 6.07) is 35.1. The normalized spacial score (nSPS) is 12.5. The van der Waals surface area contributed by atoms with Crippen LogP contribution >= 0.6 is 24.8 Å². The van der Waals surface area contributed by atoms with Crippen molar-refractivity contribution in [3.05, 3.63) is 132 Å². The van der Waals surface area contributed by atoms with Crippen LogP contribution in [0.3, 0.4) is 0 Å². The number of anilines is 1. The van der Waals surface area contributed by atoms with Crippen molar-refractivity contribution >= 4 is 36.4 Å². The molecule has 5 nitrogen and oxygen atoms in total. The standard InChI is InChI=1S/C32H28N4O.2ClH/c37-32(30-14-8-7-13-29(30)25-11-5-2-6-12-25)36-18-17-35(22-28-20-33-23-34-28)31-16-15-26(19-27(31)21-36)24-9-3-1-4-10-24;;/h1-16,19-20,23H,17-18,21-22H2,(H,33,34);2*1H. The number of aromatic nitrogens is 2. The number of fused-ring (bicyclic) bond motifs is 1. The predicted molar refractivity (Wildman–Crippen MR) is 163 cm³/mol. The van der Waals surface area contributed by atoms with Crippen molar-refractivity contribution in [3.8, 4) is 22.3 Å². The van der Waals surface area contributed by atoms with Gasteiger partial charge in [0.1, 0.15) is 0 Å². The summed E-state index contributed by atoms with van der Waals surface area (Å²) in [5.74, 6) is 0.0545. The molecule has 0 saturated heterocycles. The summed E-state index contributed by atoms with van der Waals surface area (Å²) in [5.41, 5.74) is 8.41. The van der Waals surface area contributed by atoms with Crippen molar-refractivity contribution in [2.45, 2.75) is 13.1 Å². The number of hydrogen-bond acceptors (Lipinski definition) is 3. The minimum absolute atomic E-state index is 0. The van der Waals surface area contributed by atoms with E-state index in [-0.39, 0.29) is 30.7 Å². The summed E-state index contributed by atoms with van der Waals surface area (Å²) in [6.45, 7) is 2.62. The Balaban J connectivity index is 0.00000176. The van der Waals surface area contributed by atoms with E-state index in [2.05, 4.69) is 69.5 Å². The van der Waals surface area contributed by atoms with E-state index in [0.717, 1.165) is 45.7 Å². The molecule has 0 atom stereocenters. The summed E-state index contributed by atoms with van der Waals surface area (Å²) in [4.78, 5) is 25.8. The minimum Gasteiger partial charge on any atom is -0.364 e. The number of benzene rings is 4. The van der Waals surface area contributed by atoms with Gasteiger partial charge in [-0.25, -0.2) is 4.98 Å². The third kappa shape index (κ3) is 6.00. The molecule has 2 heterocycles. The maximum atomic E-state index is 14.0. The van der Waals surface area contributed by atoms with Crippen LogP contribution in [0.25, 0.3) is 22.3 Å². The molecule has 198 valence electrons. The predicted octanol–water partition coefficient (Wildman–Crippen LogP) is 7.25. The van der Waals surface area contributed by atoms with Gasteiger partial charge in [0, 0.05) is 37.1 Å². The summed E-state index contributed by atoms with van der Waals surface area (Å²) < 4.78 is 0. The SMILES string of the molecule is Cl.Cl.O=C(c1ccccc1-c1ccccc1)N1CCN(Cc2cnc[nH]2)c2ccc(-c3ccccc3)cc2C1. The molecule has 4 aromatic carbocycles. The molecule has 1 N–H and O–H groups in total. The molecule has 5 aromatic rings. The zero-order chi connectivity index (χ0) is 25.0. The molecule has 0 radical (unpaired) electrons. The topological polar surface area (TPSA) is 52.2 Å². The maximum absolute atomic E-state index is 14.0. The Morgan fingerprint density at radius 1 is 0.769 bits per heavy atom. The molecule has 1 aliphatic rings. The van der Waals surface area contributed by atoms with Crippen molar-refractivity contribution < 1.29 is 4.79 Å². The highest BCUT2D eigenvalue weighted by molar-refractivity contribution is 6.01. The van der Waals surface area contributed by atoms with E-state index in [4.69, 9.17) is 0 Å². The van der Waals surface area contributed by atoms with Crippen molar-refractivity contribution in [2.75, 3.05) is 18.0 Å². The van der Waals surface area contributed by atoms with Crippen LogP contribution in [0, 0.1) is 0 Å². The lowest BCUT2D eigenvalue weighted by Gasteiger charge is -2.25. The Morgan fingerprint density at radius 3 is 2.18 bits per heavy atom. The fraction of sp³-hybridized carbons (Fsp3) is 0.125. The molecule has 0 unspecified atom stereocenters. The number of hydrogen-bond donors (Lipinski definition) is 1. The molecule has 0 aliphatic carbocycles. The first-order valence-electron chi connectivity index (χ1n) is 12.6. The lowest BCUT2D eigenvalue weighted by atomic mass is 9.98. The molecule has 1 aliphatic heterocycles. The van der Waals surface area contributed by atoms with Crippen molar-refractivity contribution in [3.63, 3.8) is 0 Å². The number of rotatable bonds is 5. The largest absolute Gasteiger partial charge is 0.364 e. The molecule has 6 rings (SSSR count). The number of imidazole rings is 1. The van der Waals surface area contributed by atoms with Gasteiger partial charge in [-0.2, -0.15) is 0 Å². The molecule has 39 heavy (non-hydrogen) atoms. The van der Waals surface area contributed by atoms with Crippen LogP contribution in [0.15, 0.2) is 116 Å². The zero-order valence-electron chi connectivity index (χ0n) is 21.4. The fourth-order valence-corrected chi connectivity index (χ4v) is 5.10. The Hall–Kier alpha value is -4.06. The first-order chi connectivity index (χ1) is 18.3. The number of halogens is 2. The average Bonchev–Trinajstić information content (AvgIpc) is 3.41. The molecule has 0 saturated carbocycles. The van der Waals surface area contributed by atoms with Crippen LogP contribution in [0.2, 0.25) is 0 Å². The molecular weight excluding hydrogens is 527 g/mol. The van der Waals surface area contributed by atoms with E-state index in [1.165, 1.54) is 5.56 Å². The van der Waals surface area contributed by atoms with Gasteiger partial charge in [-0.05, 0) is 46.0 Å². The number of nitrogens with zero attached hydrogens (tertiary/aromatic N) is 3.